The number of nitrogens with zero attached hydrogens (tertiary/aromatic N) is 2. The van der Waals surface area contributed by atoms with E-state index < -0.39 is 11.8 Å². The first kappa shape index (κ1) is 23.9. The molecule has 1 aliphatic carbocycles. The number of aromatic nitrogens is 2. The summed E-state index contributed by atoms with van der Waals surface area (Å²) in [7, 11) is 0. The molecular formula is C29H25FN2O3S2. The van der Waals surface area contributed by atoms with E-state index in [2.05, 4.69) is 4.57 Å². The van der Waals surface area contributed by atoms with Crippen LogP contribution < -0.4 is 4.74 Å². The highest BCUT2D eigenvalue weighted by molar-refractivity contribution is 7.10. The topological polar surface area (TPSA) is 64.3 Å². The van der Waals surface area contributed by atoms with Crippen LogP contribution in [0.2, 0.25) is 0 Å². The Balaban J connectivity index is 1.40. The van der Waals surface area contributed by atoms with Crippen molar-refractivity contribution in [2.45, 2.75) is 44.2 Å². The van der Waals surface area contributed by atoms with Crippen LogP contribution in [-0.4, -0.2) is 20.6 Å². The van der Waals surface area contributed by atoms with Crippen LogP contribution in [0.25, 0.3) is 22.4 Å². The SMILES string of the molecule is O=C(O)c1ccc2c(c1)nc(-c1ccc(OC(c3ccsc3)c3cccs3)cc1F)n2C1CCCCC1. The number of carboxylic acids is 1. The highest BCUT2D eigenvalue weighted by atomic mass is 32.1. The molecule has 0 bridgehead atoms. The molecule has 0 amide bonds. The minimum Gasteiger partial charge on any atom is -0.480 e. The number of rotatable bonds is 7. The molecule has 188 valence electrons. The van der Waals surface area contributed by atoms with Crippen molar-refractivity contribution in [1.29, 1.82) is 0 Å². The molecule has 8 heteroatoms. The number of imidazole rings is 1. The zero-order valence-electron chi connectivity index (χ0n) is 20.0. The predicted octanol–water partition coefficient (Wildman–Crippen LogP) is 8.34. The number of hydrogen-bond acceptors (Lipinski definition) is 5. The van der Waals surface area contributed by atoms with Gasteiger partial charge in [-0.1, -0.05) is 25.3 Å². The van der Waals surface area contributed by atoms with Crippen molar-refractivity contribution < 1.29 is 19.0 Å². The zero-order chi connectivity index (χ0) is 25.4. The van der Waals surface area contributed by atoms with E-state index in [1.807, 2.05) is 34.3 Å². The maximum absolute atomic E-state index is 15.7. The Morgan fingerprint density at radius 3 is 2.65 bits per heavy atom. The molecule has 0 saturated heterocycles. The van der Waals surface area contributed by atoms with Gasteiger partial charge >= 0.3 is 5.97 Å². The molecule has 1 saturated carbocycles. The lowest BCUT2D eigenvalue weighted by Gasteiger charge is -2.26. The lowest BCUT2D eigenvalue weighted by molar-refractivity contribution is 0.0697. The molecule has 5 aromatic rings. The van der Waals surface area contributed by atoms with E-state index in [4.69, 9.17) is 9.72 Å². The number of benzene rings is 2. The van der Waals surface area contributed by atoms with Crippen molar-refractivity contribution in [3.63, 3.8) is 0 Å². The first-order valence-electron chi connectivity index (χ1n) is 12.4. The van der Waals surface area contributed by atoms with Crippen LogP contribution in [0.5, 0.6) is 5.75 Å². The van der Waals surface area contributed by atoms with Crippen LogP contribution in [0.3, 0.4) is 0 Å². The van der Waals surface area contributed by atoms with Crippen LogP contribution >= 0.6 is 22.7 Å². The van der Waals surface area contributed by atoms with E-state index in [0.29, 0.717) is 22.7 Å². The molecule has 5 nitrogen and oxygen atoms in total. The molecule has 0 aliphatic heterocycles. The molecule has 0 spiro atoms. The number of ether oxygens (including phenoxy) is 1. The molecular weight excluding hydrogens is 507 g/mol. The fourth-order valence-electron chi connectivity index (χ4n) is 5.17. The highest BCUT2D eigenvalue weighted by Gasteiger charge is 2.25. The third-order valence-electron chi connectivity index (χ3n) is 6.96. The molecule has 1 aliphatic rings. The van der Waals surface area contributed by atoms with Crippen molar-refractivity contribution in [3.8, 4) is 17.1 Å². The van der Waals surface area contributed by atoms with Crippen LogP contribution in [0.1, 0.15) is 65.0 Å². The Hall–Kier alpha value is -3.49. The average molecular weight is 533 g/mol. The van der Waals surface area contributed by atoms with Crippen molar-refractivity contribution in [1.82, 2.24) is 9.55 Å². The third kappa shape index (κ3) is 4.67. The summed E-state index contributed by atoms with van der Waals surface area (Å²) in [5.41, 5.74) is 2.99. The second-order valence-corrected chi connectivity index (χ2v) is 11.1. The normalized spacial score (nSPS) is 15.2. The van der Waals surface area contributed by atoms with Crippen LogP contribution in [-0.2, 0) is 0 Å². The molecule has 1 N–H and O–H groups in total. The molecule has 6 rings (SSSR count). The van der Waals surface area contributed by atoms with Crippen LogP contribution in [0, 0.1) is 5.82 Å². The number of hydrogen-bond donors (Lipinski definition) is 1. The monoisotopic (exact) mass is 532 g/mol. The molecule has 1 atom stereocenters. The quantitative estimate of drug-likeness (QED) is 0.229. The minimum absolute atomic E-state index is 0.171. The maximum Gasteiger partial charge on any atom is 0.335 e. The summed E-state index contributed by atoms with van der Waals surface area (Å²) in [6, 6.07) is 16.1. The summed E-state index contributed by atoms with van der Waals surface area (Å²) in [4.78, 5) is 17.4. The van der Waals surface area contributed by atoms with E-state index in [9.17, 15) is 9.90 Å². The summed E-state index contributed by atoms with van der Waals surface area (Å²) in [5, 5.41) is 15.5. The van der Waals surface area contributed by atoms with Crippen molar-refractivity contribution >= 4 is 39.7 Å². The standard InChI is InChI=1S/C29H25FN2O3S2/c30-23-16-21(35-27(19-12-14-36-17-19)26-7-4-13-37-26)9-10-22(23)28-31-24-15-18(29(33)34)8-11-25(24)32(28)20-5-2-1-3-6-20/h4,7-17,20,27H,1-3,5-6H2,(H,33,34). The molecule has 3 aromatic heterocycles. The Morgan fingerprint density at radius 2 is 1.95 bits per heavy atom. The van der Waals surface area contributed by atoms with E-state index in [1.165, 1.54) is 12.5 Å². The highest BCUT2D eigenvalue weighted by Crippen LogP contribution is 2.38. The van der Waals surface area contributed by atoms with Gasteiger partial charge in [0.25, 0.3) is 0 Å². The summed E-state index contributed by atoms with van der Waals surface area (Å²) in [6.07, 6.45) is 5.09. The number of aromatic carboxylic acids is 1. The van der Waals surface area contributed by atoms with Gasteiger partial charge in [-0.05, 0) is 71.4 Å². The van der Waals surface area contributed by atoms with E-state index in [-0.39, 0.29) is 17.7 Å². The second-order valence-electron chi connectivity index (χ2n) is 9.32. The summed E-state index contributed by atoms with van der Waals surface area (Å²) in [5.74, 6) is -0.451. The Morgan fingerprint density at radius 1 is 1.08 bits per heavy atom. The lowest BCUT2D eigenvalue weighted by atomic mass is 9.94. The maximum atomic E-state index is 15.7. The Labute approximate surface area is 221 Å². The minimum atomic E-state index is -1.01. The predicted molar refractivity (Wildman–Crippen MR) is 145 cm³/mol. The zero-order valence-corrected chi connectivity index (χ0v) is 21.6. The Kier molecular flexibility index (Phi) is 6.52. The van der Waals surface area contributed by atoms with Gasteiger partial charge in [-0.3, -0.25) is 0 Å². The van der Waals surface area contributed by atoms with Gasteiger partial charge in [0.2, 0.25) is 0 Å². The number of carbonyl (C=O) groups is 1. The van der Waals surface area contributed by atoms with E-state index in [1.54, 1.807) is 53.0 Å². The molecule has 1 fully saturated rings. The van der Waals surface area contributed by atoms with Crippen LogP contribution in [0.15, 0.2) is 70.7 Å². The van der Waals surface area contributed by atoms with Gasteiger partial charge in [0.15, 0.2) is 6.10 Å². The first-order valence-corrected chi connectivity index (χ1v) is 14.2. The van der Waals surface area contributed by atoms with Crippen LogP contribution in [0.4, 0.5) is 4.39 Å². The smallest absolute Gasteiger partial charge is 0.335 e. The van der Waals surface area contributed by atoms with Gasteiger partial charge in [-0.25, -0.2) is 14.2 Å². The molecule has 0 radical (unpaired) electrons. The van der Waals surface area contributed by atoms with Crippen molar-refractivity contribution in [2.75, 3.05) is 0 Å². The van der Waals surface area contributed by atoms with Gasteiger partial charge in [-0.15, -0.1) is 11.3 Å². The number of carboxylic acid groups (broad SMARTS) is 1. The van der Waals surface area contributed by atoms with Crippen molar-refractivity contribution in [2.24, 2.45) is 0 Å². The second kappa shape index (κ2) is 10.1. The molecule has 1 unspecified atom stereocenters. The van der Waals surface area contributed by atoms with Gasteiger partial charge < -0.3 is 14.4 Å². The van der Waals surface area contributed by atoms with Gasteiger partial charge in [-0.2, -0.15) is 11.3 Å². The largest absolute Gasteiger partial charge is 0.480 e. The van der Waals surface area contributed by atoms with Gasteiger partial charge in [0, 0.05) is 22.5 Å². The van der Waals surface area contributed by atoms with E-state index >= 15 is 4.39 Å². The van der Waals surface area contributed by atoms with E-state index in [0.717, 1.165) is 41.6 Å². The summed E-state index contributed by atoms with van der Waals surface area (Å²) in [6.45, 7) is 0. The number of thiophene rings is 2. The third-order valence-corrected chi connectivity index (χ3v) is 8.58. The molecule has 37 heavy (non-hydrogen) atoms. The average Bonchev–Trinajstić information content (AvgIpc) is 3.69. The van der Waals surface area contributed by atoms with Gasteiger partial charge in [0.05, 0.1) is 22.2 Å². The fourth-order valence-corrected chi connectivity index (χ4v) is 6.62. The lowest BCUT2D eigenvalue weighted by Crippen LogP contribution is -2.14. The fraction of sp³-hybridized carbons (Fsp3) is 0.241. The molecule has 3 heterocycles. The number of halogens is 1. The number of fused-ring (bicyclic) bond motifs is 1. The Bertz CT molecular complexity index is 1500. The van der Waals surface area contributed by atoms with Crippen molar-refractivity contribution in [3.05, 3.63) is 92.6 Å². The summed E-state index contributed by atoms with van der Waals surface area (Å²) < 4.78 is 24.1. The molecule has 2 aromatic carbocycles. The van der Waals surface area contributed by atoms with Gasteiger partial charge in [0.1, 0.15) is 17.4 Å². The summed E-state index contributed by atoms with van der Waals surface area (Å²) >= 11 is 3.21. The first-order chi connectivity index (χ1) is 18.1.